The summed E-state index contributed by atoms with van der Waals surface area (Å²) < 4.78 is 3.96. The van der Waals surface area contributed by atoms with Crippen molar-refractivity contribution in [2.75, 3.05) is 7.05 Å². The van der Waals surface area contributed by atoms with Gasteiger partial charge in [0.25, 0.3) is 0 Å². The SMILES string of the molecule is CN=C(NCc1cn2ccccc2n1)NC(C)Cc1c(C)nn(C)c1C. The lowest BCUT2D eigenvalue weighted by atomic mass is 10.1. The molecular weight excluding hydrogens is 326 g/mol. The third-order valence-corrected chi connectivity index (χ3v) is 4.63. The molecule has 0 aliphatic rings. The van der Waals surface area contributed by atoms with Gasteiger partial charge in [-0.1, -0.05) is 6.07 Å². The molecule has 26 heavy (non-hydrogen) atoms. The third kappa shape index (κ3) is 3.87. The quantitative estimate of drug-likeness (QED) is 0.543. The van der Waals surface area contributed by atoms with E-state index >= 15 is 0 Å². The molecule has 0 spiro atoms. The Bertz CT molecular complexity index is 886. The molecule has 0 bridgehead atoms. The number of fused-ring (bicyclic) bond motifs is 1. The van der Waals surface area contributed by atoms with Crippen LogP contribution in [0.2, 0.25) is 0 Å². The number of hydrogen-bond acceptors (Lipinski definition) is 3. The summed E-state index contributed by atoms with van der Waals surface area (Å²) in [5.74, 6) is 0.772. The summed E-state index contributed by atoms with van der Waals surface area (Å²) in [6, 6.07) is 6.22. The molecule has 0 saturated carbocycles. The third-order valence-electron chi connectivity index (χ3n) is 4.63. The minimum absolute atomic E-state index is 0.240. The van der Waals surface area contributed by atoms with E-state index in [2.05, 4.69) is 46.5 Å². The van der Waals surface area contributed by atoms with E-state index in [0.29, 0.717) is 6.54 Å². The van der Waals surface area contributed by atoms with E-state index in [4.69, 9.17) is 0 Å². The molecule has 0 fully saturated rings. The maximum atomic E-state index is 4.60. The Morgan fingerprint density at radius 3 is 2.77 bits per heavy atom. The van der Waals surface area contributed by atoms with Crippen molar-refractivity contribution in [1.82, 2.24) is 29.8 Å². The zero-order chi connectivity index (χ0) is 18.7. The number of aliphatic imine (C=N–C) groups is 1. The highest BCUT2D eigenvalue weighted by Crippen LogP contribution is 2.14. The largest absolute Gasteiger partial charge is 0.354 e. The van der Waals surface area contributed by atoms with Crippen molar-refractivity contribution in [2.45, 2.75) is 39.8 Å². The lowest BCUT2D eigenvalue weighted by molar-refractivity contribution is 0.634. The number of guanidine groups is 1. The van der Waals surface area contributed by atoms with Crippen molar-refractivity contribution in [2.24, 2.45) is 12.0 Å². The van der Waals surface area contributed by atoms with Crippen LogP contribution >= 0.6 is 0 Å². The molecule has 0 saturated heterocycles. The van der Waals surface area contributed by atoms with Crippen molar-refractivity contribution in [3.63, 3.8) is 0 Å². The number of nitrogens with one attached hydrogen (secondary N) is 2. The fourth-order valence-electron chi connectivity index (χ4n) is 3.14. The second-order valence-corrected chi connectivity index (χ2v) is 6.65. The van der Waals surface area contributed by atoms with Crippen molar-refractivity contribution >= 4 is 11.6 Å². The zero-order valence-corrected chi connectivity index (χ0v) is 16.1. The molecule has 0 radical (unpaired) electrons. The lowest BCUT2D eigenvalue weighted by Crippen LogP contribution is -2.42. The molecule has 3 aromatic rings. The first-order valence-corrected chi connectivity index (χ1v) is 8.86. The van der Waals surface area contributed by atoms with Crippen molar-refractivity contribution in [3.8, 4) is 0 Å². The Kier molecular flexibility index (Phi) is 5.25. The van der Waals surface area contributed by atoms with Crippen LogP contribution in [0.4, 0.5) is 0 Å². The van der Waals surface area contributed by atoms with Gasteiger partial charge in [0.15, 0.2) is 5.96 Å². The first-order chi connectivity index (χ1) is 12.5. The Labute approximate surface area is 154 Å². The molecule has 1 atom stereocenters. The topological polar surface area (TPSA) is 71.5 Å². The molecule has 7 heteroatoms. The second-order valence-electron chi connectivity index (χ2n) is 6.65. The van der Waals surface area contributed by atoms with Gasteiger partial charge in [-0.3, -0.25) is 9.67 Å². The summed E-state index contributed by atoms with van der Waals surface area (Å²) in [5.41, 5.74) is 5.52. The van der Waals surface area contributed by atoms with E-state index < -0.39 is 0 Å². The van der Waals surface area contributed by atoms with Gasteiger partial charge in [0.05, 0.1) is 17.9 Å². The van der Waals surface area contributed by atoms with E-state index in [1.165, 1.54) is 11.3 Å². The van der Waals surface area contributed by atoms with Gasteiger partial charge in [-0.05, 0) is 44.9 Å². The Morgan fingerprint density at radius 2 is 2.12 bits per heavy atom. The van der Waals surface area contributed by atoms with Gasteiger partial charge in [-0.2, -0.15) is 5.10 Å². The van der Waals surface area contributed by atoms with Gasteiger partial charge in [-0.25, -0.2) is 4.98 Å². The maximum absolute atomic E-state index is 4.60. The van der Waals surface area contributed by atoms with Crippen LogP contribution < -0.4 is 10.6 Å². The van der Waals surface area contributed by atoms with Crippen LogP contribution in [0.25, 0.3) is 5.65 Å². The Morgan fingerprint density at radius 1 is 1.31 bits per heavy atom. The van der Waals surface area contributed by atoms with Crippen LogP contribution in [-0.2, 0) is 20.0 Å². The van der Waals surface area contributed by atoms with Crippen LogP contribution in [0.5, 0.6) is 0 Å². The molecule has 3 rings (SSSR count). The highest BCUT2D eigenvalue weighted by atomic mass is 15.3. The Balaban J connectivity index is 1.58. The summed E-state index contributed by atoms with van der Waals surface area (Å²) in [6.07, 6.45) is 4.93. The normalized spacial score (nSPS) is 13.2. The average Bonchev–Trinajstić information content (AvgIpc) is 3.14. The molecule has 138 valence electrons. The summed E-state index contributed by atoms with van der Waals surface area (Å²) in [7, 11) is 3.77. The number of hydrogen-bond donors (Lipinski definition) is 2. The number of nitrogens with zero attached hydrogens (tertiary/aromatic N) is 5. The molecular formula is C19H27N7. The summed E-state index contributed by atoms with van der Waals surface area (Å²) in [6.45, 7) is 6.95. The molecule has 1 unspecified atom stereocenters. The van der Waals surface area contributed by atoms with Gasteiger partial charge < -0.3 is 15.0 Å². The number of imidazole rings is 1. The average molecular weight is 353 g/mol. The van der Waals surface area contributed by atoms with Gasteiger partial charge >= 0.3 is 0 Å². The first-order valence-electron chi connectivity index (χ1n) is 8.86. The smallest absolute Gasteiger partial charge is 0.191 e. The van der Waals surface area contributed by atoms with Gasteiger partial charge in [0.1, 0.15) is 5.65 Å². The molecule has 0 aliphatic carbocycles. The molecule has 7 nitrogen and oxygen atoms in total. The van der Waals surface area contributed by atoms with E-state index in [0.717, 1.165) is 29.4 Å². The fourth-order valence-corrected chi connectivity index (χ4v) is 3.14. The molecule has 0 aromatic carbocycles. The van der Waals surface area contributed by atoms with Crippen LogP contribution in [-0.4, -0.2) is 38.2 Å². The van der Waals surface area contributed by atoms with E-state index in [1.807, 2.05) is 46.7 Å². The molecule has 3 aromatic heterocycles. The van der Waals surface area contributed by atoms with Crippen molar-refractivity contribution < 1.29 is 0 Å². The lowest BCUT2D eigenvalue weighted by Gasteiger charge is -2.18. The van der Waals surface area contributed by atoms with Crippen LogP contribution in [0.1, 0.15) is 29.6 Å². The number of rotatable bonds is 5. The predicted molar refractivity (Wildman–Crippen MR) is 104 cm³/mol. The van der Waals surface area contributed by atoms with E-state index in [-0.39, 0.29) is 6.04 Å². The maximum Gasteiger partial charge on any atom is 0.191 e. The summed E-state index contributed by atoms with van der Waals surface area (Å²) >= 11 is 0. The van der Waals surface area contributed by atoms with Gasteiger partial charge in [0, 0.05) is 38.2 Å². The minimum atomic E-state index is 0.240. The summed E-state index contributed by atoms with van der Waals surface area (Å²) in [5, 5.41) is 11.3. The second kappa shape index (κ2) is 7.59. The molecule has 2 N–H and O–H groups in total. The predicted octanol–water partition coefficient (Wildman–Crippen LogP) is 1.98. The first kappa shape index (κ1) is 18.0. The van der Waals surface area contributed by atoms with Crippen molar-refractivity contribution in [1.29, 1.82) is 0 Å². The fraction of sp³-hybridized carbons (Fsp3) is 0.421. The van der Waals surface area contributed by atoms with Crippen LogP contribution in [0.15, 0.2) is 35.6 Å². The van der Waals surface area contributed by atoms with Crippen LogP contribution in [0, 0.1) is 13.8 Å². The highest BCUT2D eigenvalue weighted by molar-refractivity contribution is 5.79. The molecule has 0 amide bonds. The standard InChI is InChI=1S/C19H27N7/c1-13(10-17-14(2)24-25(5)15(17)3)22-19(20-4)21-11-16-12-26-9-7-6-8-18(26)23-16/h6-9,12-13H,10-11H2,1-5H3,(H2,20,21,22). The molecule has 3 heterocycles. The minimum Gasteiger partial charge on any atom is -0.354 e. The number of pyridine rings is 1. The Hall–Kier alpha value is -2.83. The van der Waals surface area contributed by atoms with E-state index in [9.17, 15) is 0 Å². The van der Waals surface area contributed by atoms with E-state index in [1.54, 1.807) is 7.05 Å². The number of aryl methyl sites for hydroxylation is 2. The van der Waals surface area contributed by atoms with Gasteiger partial charge in [-0.15, -0.1) is 0 Å². The highest BCUT2D eigenvalue weighted by Gasteiger charge is 2.14. The van der Waals surface area contributed by atoms with Crippen molar-refractivity contribution in [3.05, 3.63) is 53.2 Å². The molecule has 0 aliphatic heterocycles. The zero-order valence-electron chi connectivity index (χ0n) is 16.1. The monoisotopic (exact) mass is 353 g/mol. The van der Waals surface area contributed by atoms with Crippen LogP contribution in [0.3, 0.4) is 0 Å². The number of aromatic nitrogens is 4. The summed E-state index contributed by atoms with van der Waals surface area (Å²) in [4.78, 5) is 8.93. The van der Waals surface area contributed by atoms with Gasteiger partial charge in [0.2, 0.25) is 0 Å².